The Balaban J connectivity index is 2.46. The van der Waals surface area contributed by atoms with Crippen molar-refractivity contribution >= 4 is 11.6 Å². The minimum Gasteiger partial charge on any atom is -0.305 e. The molecular weight excluding hydrogens is 289 g/mol. The van der Waals surface area contributed by atoms with Crippen LogP contribution in [0.2, 0.25) is 5.02 Å². The van der Waals surface area contributed by atoms with Gasteiger partial charge in [0.2, 0.25) is 0 Å². The molecule has 1 aromatic heterocycles. The lowest BCUT2D eigenvalue weighted by atomic mass is 10.0. The zero-order chi connectivity index (χ0) is 15.4. The number of hydrogen-bond donors (Lipinski definition) is 1. The molecule has 2 aromatic rings. The molecule has 114 valence electrons. The third-order valence-electron chi connectivity index (χ3n) is 3.53. The van der Waals surface area contributed by atoms with Crippen LogP contribution in [-0.2, 0) is 6.54 Å². The molecule has 2 rings (SSSR count). The molecule has 0 aliphatic carbocycles. The van der Waals surface area contributed by atoms with Gasteiger partial charge in [-0.1, -0.05) is 30.7 Å². The molecule has 3 nitrogen and oxygen atoms in total. The first-order valence-corrected chi connectivity index (χ1v) is 7.66. The number of halogens is 2. The molecular formula is C16H21ClFN3. The monoisotopic (exact) mass is 309 g/mol. The smallest absolute Gasteiger partial charge is 0.126 e. The van der Waals surface area contributed by atoms with Gasteiger partial charge in [0, 0.05) is 6.54 Å². The topological polar surface area (TPSA) is 29.9 Å². The summed E-state index contributed by atoms with van der Waals surface area (Å²) in [5.41, 5.74) is 2.39. The van der Waals surface area contributed by atoms with Crippen LogP contribution in [0.5, 0.6) is 0 Å². The van der Waals surface area contributed by atoms with Crippen molar-refractivity contribution < 1.29 is 4.39 Å². The van der Waals surface area contributed by atoms with E-state index < -0.39 is 0 Å². The van der Waals surface area contributed by atoms with Gasteiger partial charge in [0.15, 0.2) is 0 Å². The van der Waals surface area contributed by atoms with Gasteiger partial charge < -0.3 is 5.32 Å². The van der Waals surface area contributed by atoms with Crippen molar-refractivity contribution in [2.24, 2.45) is 0 Å². The molecule has 21 heavy (non-hydrogen) atoms. The highest BCUT2D eigenvalue weighted by atomic mass is 35.5. The molecule has 1 heterocycles. The number of nitrogens with zero attached hydrogens (tertiary/aromatic N) is 2. The summed E-state index contributed by atoms with van der Waals surface area (Å²) in [7, 11) is 0. The van der Waals surface area contributed by atoms with Crippen molar-refractivity contribution in [3.8, 4) is 0 Å². The van der Waals surface area contributed by atoms with Crippen molar-refractivity contribution in [3.63, 3.8) is 0 Å². The summed E-state index contributed by atoms with van der Waals surface area (Å²) < 4.78 is 15.8. The molecule has 0 amide bonds. The summed E-state index contributed by atoms with van der Waals surface area (Å²) in [6, 6.07) is 5.16. The Morgan fingerprint density at radius 1 is 1.38 bits per heavy atom. The first-order chi connectivity index (χ1) is 10.1. The zero-order valence-corrected chi connectivity index (χ0v) is 13.4. The van der Waals surface area contributed by atoms with E-state index in [0.29, 0.717) is 10.6 Å². The Labute approximate surface area is 130 Å². The van der Waals surface area contributed by atoms with Crippen LogP contribution in [0.1, 0.15) is 43.1 Å². The quantitative estimate of drug-likeness (QED) is 0.871. The molecule has 0 aliphatic heterocycles. The normalized spacial score (nSPS) is 12.6. The van der Waals surface area contributed by atoms with Gasteiger partial charge in [-0.3, -0.25) is 4.68 Å². The maximum Gasteiger partial charge on any atom is 0.126 e. The SMILES string of the molecule is CCCNC(c1ccc(C)c(F)c1)c1c(Cl)cnn1CC. The van der Waals surface area contributed by atoms with Gasteiger partial charge in [-0.25, -0.2) is 4.39 Å². The lowest BCUT2D eigenvalue weighted by molar-refractivity contribution is 0.526. The Kier molecular flexibility index (Phi) is 5.37. The van der Waals surface area contributed by atoms with Crippen LogP contribution in [-0.4, -0.2) is 16.3 Å². The minimum absolute atomic E-state index is 0.157. The van der Waals surface area contributed by atoms with Crippen molar-refractivity contribution in [1.29, 1.82) is 0 Å². The molecule has 1 N–H and O–H groups in total. The second-order valence-electron chi connectivity index (χ2n) is 5.09. The maximum absolute atomic E-state index is 13.9. The maximum atomic E-state index is 13.9. The van der Waals surface area contributed by atoms with Gasteiger partial charge in [0.05, 0.1) is 23.0 Å². The van der Waals surface area contributed by atoms with E-state index in [2.05, 4.69) is 17.3 Å². The molecule has 0 aliphatic rings. The van der Waals surface area contributed by atoms with Crippen LogP contribution in [0.25, 0.3) is 0 Å². The fourth-order valence-electron chi connectivity index (χ4n) is 2.36. The van der Waals surface area contributed by atoms with E-state index in [9.17, 15) is 4.39 Å². The third-order valence-corrected chi connectivity index (χ3v) is 3.83. The van der Waals surface area contributed by atoms with E-state index in [-0.39, 0.29) is 11.9 Å². The van der Waals surface area contributed by atoms with Crippen LogP contribution in [0.4, 0.5) is 4.39 Å². The molecule has 1 unspecified atom stereocenters. The van der Waals surface area contributed by atoms with Gasteiger partial charge in [-0.05, 0) is 44.0 Å². The summed E-state index contributed by atoms with van der Waals surface area (Å²) in [5, 5.41) is 8.32. The van der Waals surface area contributed by atoms with E-state index in [1.807, 2.05) is 17.7 Å². The molecule has 0 radical (unpaired) electrons. The second kappa shape index (κ2) is 7.05. The second-order valence-corrected chi connectivity index (χ2v) is 5.50. The van der Waals surface area contributed by atoms with Crippen LogP contribution in [0.15, 0.2) is 24.4 Å². The minimum atomic E-state index is -0.200. The molecule has 1 aromatic carbocycles. The number of aryl methyl sites for hydroxylation is 2. The highest BCUT2D eigenvalue weighted by molar-refractivity contribution is 6.31. The van der Waals surface area contributed by atoms with E-state index in [1.165, 1.54) is 0 Å². The number of hydrogen-bond acceptors (Lipinski definition) is 2. The van der Waals surface area contributed by atoms with E-state index in [0.717, 1.165) is 30.8 Å². The number of benzene rings is 1. The average molecular weight is 310 g/mol. The summed E-state index contributed by atoms with van der Waals surface area (Å²) in [6.07, 6.45) is 2.63. The molecule has 0 saturated heterocycles. The number of nitrogens with one attached hydrogen (secondary N) is 1. The summed E-state index contributed by atoms with van der Waals surface area (Å²) in [4.78, 5) is 0. The molecule has 0 spiro atoms. The van der Waals surface area contributed by atoms with Crippen LogP contribution in [0, 0.1) is 12.7 Å². The first kappa shape index (κ1) is 16.0. The zero-order valence-electron chi connectivity index (χ0n) is 12.7. The van der Waals surface area contributed by atoms with Gasteiger partial charge >= 0.3 is 0 Å². The summed E-state index contributed by atoms with van der Waals surface area (Å²) >= 11 is 6.30. The standard InChI is InChI=1S/C16H21ClFN3/c1-4-8-19-15(12-7-6-11(3)14(18)9-12)16-13(17)10-20-21(16)5-2/h6-7,9-10,15,19H,4-5,8H2,1-3H3. The molecule has 5 heteroatoms. The fourth-order valence-corrected chi connectivity index (χ4v) is 2.61. The predicted octanol–water partition coefficient (Wildman–Crippen LogP) is 4.09. The average Bonchev–Trinajstić information content (AvgIpc) is 2.84. The van der Waals surface area contributed by atoms with Gasteiger partial charge in [-0.15, -0.1) is 0 Å². The molecule has 0 bridgehead atoms. The Bertz CT molecular complexity index is 610. The van der Waals surface area contributed by atoms with Gasteiger partial charge in [0.25, 0.3) is 0 Å². The molecule has 1 atom stereocenters. The predicted molar refractivity (Wildman–Crippen MR) is 84.2 cm³/mol. The summed E-state index contributed by atoms with van der Waals surface area (Å²) in [6.45, 7) is 7.42. The Hall–Kier alpha value is -1.39. The van der Waals surface area contributed by atoms with E-state index >= 15 is 0 Å². The Morgan fingerprint density at radius 2 is 2.14 bits per heavy atom. The Morgan fingerprint density at radius 3 is 2.76 bits per heavy atom. The number of aromatic nitrogens is 2. The largest absolute Gasteiger partial charge is 0.305 e. The highest BCUT2D eigenvalue weighted by Gasteiger charge is 2.22. The lowest BCUT2D eigenvalue weighted by Gasteiger charge is -2.21. The van der Waals surface area contributed by atoms with E-state index in [1.54, 1.807) is 25.3 Å². The van der Waals surface area contributed by atoms with E-state index in [4.69, 9.17) is 11.6 Å². The van der Waals surface area contributed by atoms with Crippen LogP contribution >= 0.6 is 11.6 Å². The highest BCUT2D eigenvalue weighted by Crippen LogP contribution is 2.29. The van der Waals surface area contributed by atoms with Crippen molar-refractivity contribution in [2.45, 2.75) is 39.8 Å². The van der Waals surface area contributed by atoms with Gasteiger partial charge in [-0.2, -0.15) is 5.10 Å². The molecule has 0 fully saturated rings. The van der Waals surface area contributed by atoms with Crippen LogP contribution in [0.3, 0.4) is 0 Å². The number of rotatable bonds is 6. The van der Waals surface area contributed by atoms with Crippen molar-refractivity contribution in [1.82, 2.24) is 15.1 Å². The first-order valence-electron chi connectivity index (χ1n) is 7.29. The fraction of sp³-hybridized carbons (Fsp3) is 0.438. The van der Waals surface area contributed by atoms with Crippen molar-refractivity contribution in [2.75, 3.05) is 6.54 Å². The van der Waals surface area contributed by atoms with Crippen LogP contribution < -0.4 is 5.32 Å². The third kappa shape index (κ3) is 3.44. The summed E-state index contributed by atoms with van der Waals surface area (Å²) in [5.74, 6) is -0.200. The van der Waals surface area contributed by atoms with Crippen molar-refractivity contribution in [3.05, 3.63) is 52.1 Å². The molecule has 0 saturated carbocycles. The lowest BCUT2D eigenvalue weighted by Crippen LogP contribution is -2.26. The van der Waals surface area contributed by atoms with Gasteiger partial charge in [0.1, 0.15) is 5.82 Å².